The van der Waals surface area contributed by atoms with Crippen LogP contribution in [0, 0.1) is 0 Å². The molecule has 0 saturated carbocycles. The van der Waals surface area contributed by atoms with E-state index in [0.717, 1.165) is 29.2 Å². The highest BCUT2D eigenvalue weighted by Crippen LogP contribution is 2.33. The predicted molar refractivity (Wildman–Crippen MR) is 91.4 cm³/mol. The van der Waals surface area contributed by atoms with Crippen LogP contribution in [0.15, 0.2) is 22.7 Å². The molecule has 0 aromatic heterocycles. The molecule has 3 rings (SSSR count). The van der Waals surface area contributed by atoms with E-state index < -0.39 is 0 Å². The Morgan fingerprint density at radius 3 is 2.80 bits per heavy atom. The van der Waals surface area contributed by atoms with Gasteiger partial charge in [0.25, 0.3) is 0 Å². The minimum Gasteiger partial charge on any atom is -0.389 e. The van der Waals surface area contributed by atoms with Gasteiger partial charge in [0.05, 0.1) is 0 Å². The van der Waals surface area contributed by atoms with Crippen LogP contribution in [0.1, 0.15) is 24.8 Å². The number of nitrogens with two attached hydrogens (primary N) is 1. The first-order chi connectivity index (χ1) is 9.56. The van der Waals surface area contributed by atoms with E-state index in [-0.39, 0.29) is 0 Å². The van der Waals surface area contributed by atoms with Crippen molar-refractivity contribution in [2.24, 2.45) is 5.73 Å². The summed E-state index contributed by atoms with van der Waals surface area (Å²) in [6.45, 7) is 2.15. The average molecular weight is 354 g/mol. The van der Waals surface area contributed by atoms with Crippen molar-refractivity contribution < 1.29 is 0 Å². The molecule has 1 aromatic carbocycles. The highest BCUT2D eigenvalue weighted by Gasteiger charge is 2.35. The molecule has 2 heterocycles. The van der Waals surface area contributed by atoms with E-state index in [1.54, 1.807) is 0 Å². The summed E-state index contributed by atoms with van der Waals surface area (Å²) in [5.74, 6) is 0. The summed E-state index contributed by atoms with van der Waals surface area (Å²) in [5, 5.41) is 0. The van der Waals surface area contributed by atoms with Crippen molar-refractivity contribution in [3.8, 4) is 0 Å². The maximum absolute atomic E-state index is 5.89. The van der Waals surface area contributed by atoms with Crippen LogP contribution in [-0.2, 0) is 0 Å². The van der Waals surface area contributed by atoms with Crippen LogP contribution in [0.5, 0.6) is 0 Å². The van der Waals surface area contributed by atoms with Gasteiger partial charge in [-0.25, -0.2) is 0 Å². The van der Waals surface area contributed by atoms with E-state index in [4.69, 9.17) is 18.0 Å². The Labute approximate surface area is 134 Å². The summed E-state index contributed by atoms with van der Waals surface area (Å²) in [6.07, 6.45) is 3.86. The van der Waals surface area contributed by atoms with Crippen LogP contribution in [-0.4, -0.2) is 42.1 Å². The average Bonchev–Trinajstić information content (AvgIpc) is 2.62. The second-order valence-corrected chi connectivity index (χ2v) is 7.17. The van der Waals surface area contributed by atoms with Gasteiger partial charge in [0.2, 0.25) is 0 Å². The van der Waals surface area contributed by atoms with Gasteiger partial charge in [-0.05, 0) is 44.5 Å². The molecular weight excluding hydrogens is 334 g/mol. The van der Waals surface area contributed by atoms with Crippen LogP contribution in [0.4, 0.5) is 5.69 Å². The van der Waals surface area contributed by atoms with Crippen molar-refractivity contribution in [3.05, 3.63) is 28.2 Å². The van der Waals surface area contributed by atoms with Crippen LogP contribution in [0.25, 0.3) is 0 Å². The molecule has 0 aliphatic carbocycles. The second-order valence-electron chi connectivity index (χ2n) is 5.81. The smallest absolute Gasteiger partial charge is 0.106 e. The standard InChI is InChI=1S/C15H20BrN3S/c1-18-11-3-4-12(18)9-19(7-6-11)14-8-10(16)2-5-13(14)15(17)20/h2,5,8,11-12H,3-4,6-7,9H2,1H3,(H2,17,20). The third-order valence-corrected chi connectivity index (χ3v) is 5.43. The number of likely N-dealkylation sites (N-methyl/N-ethyl adjacent to an activating group) is 1. The molecule has 2 aliphatic rings. The first kappa shape index (κ1) is 14.3. The normalized spacial score (nSPS) is 26.6. The highest BCUT2D eigenvalue weighted by atomic mass is 79.9. The van der Waals surface area contributed by atoms with E-state index in [1.807, 2.05) is 12.1 Å². The van der Waals surface area contributed by atoms with Crippen molar-refractivity contribution in [2.75, 3.05) is 25.0 Å². The molecular formula is C15H20BrN3S. The zero-order chi connectivity index (χ0) is 14.3. The second kappa shape index (κ2) is 5.62. The molecule has 1 aromatic rings. The molecule has 2 fully saturated rings. The largest absolute Gasteiger partial charge is 0.389 e. The van der Waals surface area contributed by atoms with E-state index in [2.05, 4.69) is 38.8 Å². The van der Waals surface area contributed by atoms with Gasteiger partial charge in [-0.2, -0.15) is 0 Å². The number of thiocarbonyl (C=S) groups is 1. The third kappa shape index (κ3) is 2.59. The lowest BCUT2D eigenvalue weighted by Crippen LogP contribution is -2.37. The van der Waals surface area contributed by atoms with Crippen molar-refractivity contribution in [1.29, 1.82) is 0 Å². The Bertz CT molecular complexity index is 534. The van der Waals surface area contributed by atoms with Crippen LogP contribution >= 0.6 is 28.1 Å². The molecule has 0 radical (unpaired) electrons. The number of rotatable bonds is 2. The number of hydrogen-bond acceptors (Lipinski definition) is 3. The fourth-order valence-electron chi connectivity index (χ4n) is 3.50. The number of halogens is 1. The Morgan fingerprint density at radius 1 is 1.30 bits per heavy atom. The van der Waals surface area contributed by atoms with E-state index in [1.165, 1.54) is 24.9 Å². The SMILES string of the molecule is CN1C2CCC1CN(c1cc(Br)ccc1C(N)=S)CC2. The summed E-state index contributed by atoms with van der Waals surface area (Å²) in [5.41, 5.74) is 8.06. The number of fused-ring (bicyclic) bond motifs is 2. The zero-order valence-corrected chi connectivity index (χ0v) is 14.1. The number of anilines is 1. The Kier molecular flexibility index (Phi) is 4.02. The Morgan fingerprint density at radius 2 is 2.05 bits per heavy atom. The summed E-state index contributed by atoms with van der Waals surface area (Å²) >= 11 is 8.77. The number of nitrogens with zero attached hydrogens (tertiary/aromatic N) is 2. The van der Waals surface area contributed by atoms with E-state index >= 15 is 0 Å². The summed E-state index contributed by atoms with van der Waals surface area (Å²) in [6, 6.07) is 7.57. The maximum Gasteiger partial charge on any atom is 0.106 e. The van der Waals surface area contributed by atoms with Gasteiger partial charge in [0.15, 0.2) is 0 Å². The number of benzene rings is 1. The molecule has 2 atom stereocenters. The minimum absolute atomic E-state index is 0.482. The Balaban J connectivity index is 1.93. The van der Waals surface area contributed by atoms with E-state index in [0.29, 0.717) is 11.0 Å². The molecule has 2 N–H and O–H groups in total. The molecule has 2 aliphatic heterocycles. The summed E-state index contributed by atoms with van der Waals surface area (Å²) in [7, 11) is 2.27. The van der Waals surface area contributed by atoms with Gasteiger partial charge in [-0.1, -0.05) is 28.1 Å². The summed E-state index contributed by atoms with van der Waals surface area (Å²) < 4.78 is 1.08. The predicted octanol–water partition coefficient (Wildman–Crippen LogP) is 2.76. The van der Waals surface area contributed by atoms with Crippen molar-refractivity contribution >= 4 is 38.8 Å². The van der Waals surface area contributed by atoms with Crippen LogP contribution in [0.3, 0.4) is 0 Å². The van der Waals surface area contributed by atoms with Crippen LogP contribution in [0.2, 0.25) is 0 Å². The molecule has 2 bridgehead atoms. The molecule has 2 unspecified atom stereocenters. The van der Waals surface area contributed by atoms with Crippen molar-refractivity contribution in [2.45, 2.75) is 31.3 Å². The maximum atomic E-state index is 5.89. The van der Waals surface area contributed by atoms with E-state index in [9.17, 15) is 0 Å². The Hall–Kier alpha value is -0.650. The quantitative estimate of drug-likeness (QED) is 0.828. The molecule has 0 amide bonds. The molecule has 3 nitrogen and oxygen atoms in total. The van der Waals surface area contributed by atoms with Crippen molar-refractivity contribution in [1.82, 2.24) is 4.90 Å². The molecule has 20 heavy (non-hydrogen) atoms. The number of hydrogen-bond donors (Lipinski definition) is 1. The van der Waals surface area contributed by atoms with Gasteiger partial charge < -0.3 is 10.6 Å². The van der Waals surface area contributed by atoms with Crippen molar-refractivity contribution in [3.63, 3.8) is 0 Å². The lowest BCUT2D eigenvalue weighted by atomic mass is 10.1. The molecule has 2 saturated heterocycles. The van der Waals surface area contributed by atoms with Gasteiger partial charge >= 0.3 is 0 Å². The van der Waals surface area contributed by atoms with Gasteiger partial charge in [-0.3, -0.25) is 4.90 Å². The van der Waals surface area contributed by atoms with Crippen LogP contribution < -0.4 is 10.6 Å². The third-order valence-electron chi connectivity index (χ3n) is 4.71. The monoisotopic (exact) mass is 353 g/mol. The highest BCUT2D eigenvalue weighted by molar-refractivity contribution is 9.10. The fourth-order valence-corrected chi connectivity index (χ4v) is 4.02. The first-order valence-electron chi connectivity index (χ1n) is 7.12. The van der Waals surface area contributed by atoms with Gasteiger partial charge in [0.1, 0.15) is 4.99 Å². The zero-order valence-electron chi connectivity index (χ0n) is 11.7. The fraction of sp³-hybridized carbons (Fsp3) is 0.533. The topological polar surface area (TPSA) is 32.5 Å². The lowest BCUT2D eigenvalue weighted by molar-refractivity contribution is 0.254. The van der Waals surface area contributed by atoms with Gasteiger partial charge in [-0.15, -0.1) is 0 Å². The first-order valence-corrected chi connectivity index (χ1v) is 8.32. The minimum atomic E-state index is 0.482. The van der Waals surface area contributed by atoms with Gasteiger partial charge in [0, 0.05) is 40.9 Å². The molecule has 5 heteroatoms. The summed E-state index contributed by atoms with van der Waals surface area (Å²) in [4.78, 5) is 5.49. The molecule has 0 spiro atoms. The molecule has 108 valence electrons. The lowest BCUT2D eigenvalue weighted by Gasteiger charge is -2.29.